The molecule has 1 saturated carbocycles. The lowest BCUT2D eigenvalue weighted by Crippen LogP contribution is -2.58. The zero-order valence-corrected chi connectivity index (χ0v) is 15.1. The van der Waals surface area contributed by atoms with E-state index >= 15 is 0 Å². The summed E-state index contributed by atoms with van der Waals surface area (Å²) in [7, 11) is 4.10. The highest BCUT2D eigenvalue weighted by Gasteiger charge is 2.40. The topological polar surface area (TPSA) is 66.7 Å². The van der Waals surface area contributed by atoms with Gasteiger partial charge in [-0.1, -0.05) is 18.6 Å². The van der Waals surface area contributed by atoms with Crippen molar-refractivity contribution in [3.63, 3.8) is 0 Å². The third-order valence-electron chi connectivity index (χ3n) is 5.94. The maximum Gasteiger partial charge on any atom is 0.269 e. The summed E-state index contributed by atoms with van der Waals surface area (Å²) in [5.41, 5.74) is 0.885. The molecule has 1 aromatic rings. The van der Waals surface area contributed by atoms with Crippen LogP contribution in [0.5, 0.6) is 0 Å². The van der Waals surface area contributed by atoms with Crippen molar-refractivity contribution in [1.29, 1.82) is 0 Å². The first-order valence-corrected chi connectivity index (χ1v) is 9.16. The number of carbonyl (C=O) groups is 1. The lowest BCUT2D eigenvalue weighted by Gasteiger charge is -2.49. The third-order valence-corrected chi connectivity index (χ3v) is 5.94. The molecular weight excluding hydrogens is 318 g/mol. The van der Waals surface area contributed by atoms with Crippen LogP contribution in [0.25, 0.3) is 0 Å². The van der Waals surface area contributed by atoms with Gasteiger partial charge in [0, 0.05) is 31.3 Å². The summed E-state index contributed by atoms with van der Waals surface area (Å²) in [6.07, 6.45) is 6.35. The number of nitro groups is 1. The number of hydrogen-bond donors (Lipinski definition) is 0. The first-order chi connectivity index (χ1) is 12.0. The number of benzene rings is 1. The van der Waals surface area contributed by atoms with Crippen molar-refractivity contribution < 1.29 is 9.72 Å². The smallest absolute Gasteiger partial charge is 0.269 e. The summed E-state index contributed by atoms with van der Waals surface area (Å²) in [5.74, 6) is 0.797. The van der Waals surface area contributed by atoms with Gasteiger partial charge in [0.1, 0.15) is 0 Å². The molecular formula is C19H27N3O3. The summed E-state index contributed by atoms with van der Waals surface area (Å²) in [5, 5.41) is 10.7. The van der Waals surface area contributed by atoms with E-state index in [9.17, 15) is 14.9 Å². The van der Waals surface area contributed by atoms with Crippen LogP contribution in [0, 0.1) is 16.0 Å². The lowest BCUT2D eigenvalue weighted by molar-refractivity contribution is -0.384. The van der Waals surface area contributed by atoms with Crippen LogP contribution in [0.3, 0.4) is 0 Å². The van der Waals surface area contributed by atoms with Crippen LogP contribution in [0.4, 0.5) is 5.69 Å². The molecule has 1 aromatic carbocycles. The van der Waals surface area contributed by atoms with Crippen molar-refractivity contribution in [3.05, 3.63) is 39.9 Å². The van der Waals surface area contributed by atoms with Gasteiger partial charge >= 0.3 is 0 Å². The Labute approximate surface area is 148 Å². The number of likely N-dealkylation sites (tertiary alicyclic amines) is 1. The molecule has 1 saturated heterocycles. The average molecular weight is 345 g/mol. The van der Waals surface area contributed by atoms with Crippen LogP contribution >= 0.6 is 0 Å². The Balaban J connectivity index is 1.67. The lowest BCUT2D eigenvalue weighted by atomic mass is 9.75. The van der Waals surface area contributed by atoms with Crippen molar-refractivity contribution >= 4 is 11.6 Å². The van der Waals surface area contributed by atoms with Crippen LogP contribution < -0.4 is 0 Å². The summed E-state index contributed by atoms with van der Waals surface area (Å²) in [6, 6.07) is 7.03. The summed E-state index contributed by atoms with van der Waals surface area (Å²) in [4.78, 5) is 27.5. The fourth-order valence-electron chi connectivity index (χ4n) is 4.61. The predicted molar refractivity (Wildman–Crippen MR) is 96.4 cm³/mol. The fraction of sp³-hybridized carbons (Fsp3) is 0.632. The molecule has 1 aliphatic carbocycles. The van der Waals surface area contributed by atoms with Gasteiger partial charge < -0.3 is 9.80 Å². The molecule has 1 aliphatic heterocycles. The SMILES string of the molecule is CN1CCC[C@H]2CCC[C@H](N(C)C(=O)Cc3ccc([N+](=O)[O-])cc3)[C@H]21. The number of rotatable bonds is 4. The van der Waals surface area contributed by atoms with Crippen LogP contribution in [0.15, 0.2) is 24.3 Å². The molecule has 0 spiro atoms. The van der Waals surface area contributed by atoms with Crippen LogP contribution in [-0.2, 0) is 11.2 Å². The monoisotopic (exact) mass is 345 g/mol. The molecule has 1 amide bonds. The Morgan fingerprint density at radius 1 is 1.24 bits per heavy atom. The molecule has 1 heterocycles. The number of nitro benzene ring substituents is 1. The number of carbonyl (C=O) groups excluding carboxylic acids is 1. The molecule has 0 bridgehead atoms. The van der Waals surface area contributed by atoms with E-state index in [2.05, 4.69) is 11.9 Å². The minimum Gasteiger partial charge on any atom is -0.341 e. The van der Waals surface area contributed by atoms with Gasteiger partial charge in [0.2, 0.25) is 5.91 Å². The molecule has 2 aliphatic rings. The number of amides is 1. The fourth-order valence-corrected chi connectivity index (χ4v) is 4.61. The van der Waals surface area contributed by atoms with Gasteiger partial charge in [-0.2, -0.15) is 0 Å². The molecule has 0 unspecified atom stereocenters. The molecule has 0 N–H and O–H groups in total. The van der Waals surface area contributed by atoms with Crippen molar-refractivity contribution in [2.45, 2.75) is 50.6 Å². The average Bonchev–Trinajstić information content (AvgIpc) is 2.61. The zero-order valence-electron chi connectivity index (χ0n) is 15.1. The van der Waals surface area contributed by atoms with Crippen LogP contribution in [0.1, 0.15) is 37.7 Å². The van der Waals surface area contributed by atoms with Gasteiger partial charge in [-0.05, 0) is 50.8 Å². The second-order valence-corrected chi connectivity index (χ2v) is 7.48. The molecule has 6 nitrogen and oxygen atoms in total. The number of hydrogen-bond acceptors (Lipinski definition) is 4. The molecule has 0 aromatic heterocycles. The van der Waals surface area contributed by atoms with Crippen molar-refractivity contribution in [2.75, 3.05) is 20.6 Å². The number of nitrogens with zero attached hydrogens (tertiary/aromatic N) is 3. The highest BCUT2D eigenvalue weighted by molar-refractivity contribution is 5.79. The largest absolute Gasteiger partial charge is 0.341 e. The molecule has 25 heavy (non-hydrogen) atoms. The van der Waals surface area contributed by atoms with Crippen molar-refractivity contribution in [1.82, 2.24) is 9.80 Å². The first-order valence-electron chi connectivity index (χ1n) is 9.16. The Hall–Kier alpha value is -1.95. The van der Waals surface area contributed by atoms with Gasteiger partial charge in [-0.25, -0.2) is 0 Å². The molecule has 3 atom stereocenters. The van der Waals surface area contributed by atoms with E-state index in [1.165, 1.54) is 37.8 Å². The van der Waals surface area contributed by atoms with Gasteiger partial charge in [0.25, 0.3) is 5.69 Å². The van der Waals surface area contributed by atoms with Gasteiger partial charge in [-0.3, -0.25) is 14.9 Å². The van der Waals surface area contributed by atoms with E-state index in [1.807, 2.05) is 11.9 Å². The number of fused-ring (bicyclic) bond motifs is 1. The summed E-state index contributed by atoms with van der Waals surface area (Å²) >= 11 is 0. The third kappa shape index (κ3) is 3.84. The highest BCUT2D eigenvalue weighted by atomic mass is 16.6. The van der Waals surface area contributed by atoms with Crippen LogP contribution in [0.2, 0.25) is 0 Å². The van der Waals surface area contributed by atoms with E-state index in [4.69, 9.17) is 0 Å². The second-order valence-electron chi connectivity index (χ2n) is 7.48. The quantitative estimate of drug-likeness (QED) is 0.622. The Bertz CT molecular complexity index is 629. The molecule has 136 valence electrons. The Morgan fingerprint density at radius 3 is 2.60 bits per heavy atom. The van der Waals surface area contributed by atoms with E-state index in [0.717, 1.165) is 18.5 Å². The van der Waals surface area contributed by atoms with Gasteiger partial charge in [0.15, 0.2) is 0 Å². The molecule has 3 rings (SSSR count). The van der Waals surface area contributed by atoms with Crippen molar-refractivity contribution in [3.8, 4) is 0 Å². The number of piperidine rings is 1. The van der Waals surface area contributed by atoms with E-state index < -0.39 is 4.92 Å². The zero-order chi connectivity index (χ0) is 18.0. The highest BCUT2D eigenvalue weighted by Crippen LogP contribution is 2.36. The minimum atomic E-state index is -0.418. The number of likely N-dealkylation sites (N-methyl/N-ethyl adjacent to an activating group) is 2. The van der Waals surface area contributed by atoms with E-state index in [-0.39, 0.29) is 17.6 Å². The summed E-state index contributed by atoms with van der Waals surface area (Å²) in [6.45, 7) is 1.11. The minimum absolute atomic E-state index is 0.0588. The second kappa shape index (κ2) is 7.52. The maximum absolute atomic E-state index is 12.8. The van der Waals surface area contributed by atoms with E-state index in [1.54, 1.807) is 12.1 Å². The first kappa shape index (κ1) is 17.9. The van der Waals surface area contributed by atoms with Gasteiger partial charge in [0.05, 0.1) is 11.3 Å². The number of non-ortho nitro benzene ring substituents is 1. The van der Waals surface area contributed by atoms with Gasteiger partial charge in [-0.15, -0.1) is 0 Å². The summed E-state index contributed by atoms with van der Waals surface area (Å²) < 4.78 is 0. The Kier molecular flexibility index (Phi) is 5.37. The molecule has 2 fully saturated rings. The maximum atomic E-state index is 12.8. The standard InChI is InChI=1S/C19H27N3O3/c1-20-12-4-6-15-5-3-7-17(19(15)20)21(2)18(23)13-14-8-10-16(11-9-14)22(24)25/h8-11,15,17,19H,3-7,12-13H2,1-2H3/t15-,17+,19+/m1/s1. The normalized spacial score (nSPS) is 26.7. The Morgan fingerprint density at radius 2 is 1.92 bits per heavy atom. The van der Waals surface area contributed by atoms with E-state index in [0.29, 0.717) is 18.4 Å². The molecule has 0 radical (unpaired) electrons. The predicted octanol–water partition coefficient (Wildman–Crippen LogP) is 2.86. The molecule has 6 heteroatoms. The van der Waals surface area contributed by atoms with Crippen molar-refractivity contribution in [2.24, 2.45) is 5.92 Å². The van der Waals surface area contributed by atoms with Crippen LogP contribution in [-0.4, -0.2) is 53.4 Å².